The summed E-state index contributed by atoms with van der Waals surface area (Å²) in [7, 11) is 0. The van der Waals surface area contributed by atoms with Crippen molar-refractivity contribution in [3.63, 3.8) is 0 Å². The molecule has 0 aromatic heterocycles. The molecule has 0 aliphatic carbocycles. The number of carbonyl (C=O) groups is 2. The number of nitrogens with one attached hydrogen (secondary N) is 1. The average Bonchev–Trinajstić information content (AvgIpc) is 3.45. The zero-order chi connectivity index (χ0) is 23.6. The number of anilines is 2. The highest BCUT2D eigenvalue weighted by molar-refractivity contribution is 7.80. The van der Waals surface area contributed by atoms with Crippen LogP contribution in [0.5, 0.6) is 0 Å². The van der Waals surface area contributed by atoms with E-state index >= 15 is 0 Å². The zero-order valence-electron chi connectivity index (χ0n) is 17.2. The van der Waals surface area contributed by atoms with Gasteiger partial charge in [0.2, 0.25) is 0 Å². The molecule has 2 aromatic rings. The van der Waals surface area contributed by atoms with Gasteiger partial charge in [0.25, 0.3) is 5.91 Å². The van der Waals surface area contributed by atoms with Crippen LogP contribution in [-0.4, -0.2) is 51.5 Å². The van der Waals surface area contributed by atoms with Gasteiger partial charge in [-0.05, 0) is 55.4 Å². The lowest BCUT2D eigenvalue weighted by atomic mass is 10.1. The summed E-state index contributed by atoms with van der Waals surface area (Å²) in [5.41, 5.74) is 0.666. The Morgan fingerprint density at radius 1 is 1.24 bits per heavy atom. The second-order valence-corrected chi connectivity index (χ2v) is 8.89. The maximum atomic E-state index is 14.1. The fourth-order valence-electron chi connectivity index (χ4n) is 4.91. The molecule has 1 N–H and O–H groups in total. The van der Waals surface area contributed by atoms with Crippen molar-refractivity contribution in [2.24, 2.45) is 0 Å². The summed E-state index contributed by atoms with van der Waals surface area (Å²) < 4.78 is 28.1. The van der Waals surface area contributed by atoms with Crippen LogP contribution in [0.25, 0.3) is 0 Å². The lowest BCUT2D eigenvalue weighted by molar-refractivity contribution is -0.120. The fraction of sp³-hybridized carbons (Fsp3) is 0.273. The maximum absolute atomic E-state index is 14.1. The Bertz CT molecular complexity index is 1260. The van der Waals surface area contributed by atoms with Gasteiger partial charge in [-0.25, -0.2) is 18.5 Å². The number of nitrogens with zero attached hydrogens (tertiary/aromatic N) is 4. The average molecular weight is 488 g/mol. The molecule has 7 nitrogen and oxygen atoms in total. The van der Waals surface area contributed by atoms with Gasteiger partial charge in [-0.3, -0.25) is 4.79 Å². The minimum atomic E-state index is -0.783. The molecule has 168 valence electrons. The summed E-state index contributed by atoms with van der Waals surface area (Å²) in [6.45, 7) is 1.98. The number of imide groups is 1. The SMILES string of the molecule is Cc1c(N2C(=O)[C@@H]3C4C[C@H](CN4C(=S)Nc4c(F)cccc4F)N3C2=O)ccc(C#N)c1Cl. The lowest BCUT2D eigenvalue weighted by Gasteiger charge is -2.36. The molecule has 5 rings (SSSR count). The quantitative estimate of drug-likeness (QED) is 0.513. The van der Waals surface area contributed by atoms with E-state index < -0.39 is 35.7 Å². The molecule has 3 aliphatic heterocycles. The predicted octanol–water partition coefficient (Wildman–Crippen LogP) is 3.79. The van der Waals surface area contributed by atoms with E-state index in [0.29, 0.717) is 24.2 Å². The van der Waals surface area contributed by atoms with E-state index in [0.717, 1.165) is 17.0 Å². The molecule has 2 aromatic carbocycles. The summed E-state index contributed by atoms with van der Waals surface area (Å²) in [4.78, 5) is 30.9. The van der Waals surface area contributed by atoms with E-state index in [-0.39, 0.29) is 27.4 Å². The number of hydrogen-bond acceptors (Lipinski definition) is 4. The monoisotopic (exact) mass is 487 g/mol. The van der Waals surface area contributed by atoms with Gasteiger partial charge < -0.3 is 15.1 Å². The fourth-order valence-corrected chi connectivity index (χ4v) is 5.43. The first kappa shape index (κ1) is 21.6. The van der Waals surface area contributed by atoms with Crippen LogP contribution in [-0.2, 0) is 4.79 Å². The number of nitriles is 1. The minimum Gasteiger partial charge on any atom is -0.341 e. The molecular weight excluding hydrogens is 472 g/mol. The number of benzene rings is 2. The predicted molar refractivity (Wildman–Crippen MR) is 121 cm³/mol. The maximum Gasteiger partial charge on any atom is 0.332 e. The van der Waals surface area contributed by atoms with Crippen molar-refractivity contribution < 1.29 is 18.4 Å². The second-order valence-electron chi connectivity index (χ2n) is 8.13. The third-order valence-electron chi connectivity index (χ3n) is 6.44. The summed E-state index contributed by atoms with van der Waals surface area (Å²) in [6.07, 6.45) is 0.519. The Labute approximate surface area is 198 Å². The molecule has 2 bridgehead atoms. The van der Waals surface area contributed by atoms with Gasteiger partial charge in [-0.15, -0.1) is 0 Å². The van der Waals surface area contributed by atoms with E-state index in [1.807, 2.05) is 6.07 Å². The lowest BCUT2D eigenvalue weighted by Crippen LogP contribution is -2.55. The van der Waals surface area contributed by atoms with Gasteiger partial charge in [-0.2, -0.15) is 5.26 Å². The Balaban J connectivity index is 1.42. The molecule has 3 atom stereocenters. The number of likely N-dealkylation sites (tertiary alicyclic amines) is 1. The topological polar surface area (TPSA) is 79.7 Å². The molecule has 3 fully saturated rings. The largest absolute Gasteiger partial charge is 0.341 e. The third-order valence-corrected chi connectivity index (χ3v) is 7.26. The first-order valence-corrected chi connectivity index (χ1v) is 10.9. The van der Waals surface area contributed by atoms with Crippen LogP contribution < -0.4 is 10.2 Å². The van der Waals surface area contributed by atoms with Crippen molar-refractivity contribution >= 4 is 52.2 Å². The molecule has 0 radical (unpaired) electrons. The normalized spacial score (nSPS) is 23.2. The van der Waals surface area contributed by atoms with Crippen molar-refractivity contribution in [1.29, 1.82) is 5.26 Å². The summed E-state index contributed by atoms with van der Waals surface area (Å²) in [5, 5.41) is 12.1. The zero-order valence-corrected chi connectivity index (χ0v) is 18.8. The van der Waals surface area contributed by atoms with Crippen LogP contribution >= 0.6 is 23.8 Å². The van der Waals surface area contributed by atoms with E-state index in [1.54, 1.807) is 16.7 Å². The van der Waals surface area contributed by atoms with Gasteiger partial charge in [0.15, 0.2) is 5.11 Å². The highest BCUT2D eigenvalue weighted by Gasteiger charge is 2.62. The van der Waals surface area contributed by atoms with E-state index in [9.17, 15) is 23.6 Å². The molecule has 3 aliphatic rings. The number of urea groups is 1. The van der Waals surface area contributed by atoms with Gasteiger partial charge in [-0.1, -0.05) is 17.7 Å². The van der Waals surface area contributed by atoms with Gasteiger partial charge in [0, 0.05) is 6.54 Å². The Morgan fingerprint density at radius 2 is 1.94 bits per heavy atom. The molecular formula is C22H16ClF2N5O2S. The number of hydrogen-bond donors (Lipinski definition) is 1. The van der Waals surface area contributed by atoms with Crippen LogP contribution in [0.3, 0.4) is 0 Å². The van der Waals surface area contributed by atoms with Gasteiger partial charge in [0.05, 0.1) is 28.4 Å². The molecule has 3 amide bonds. The number of thiocarbonyl (C=S) groups is 1. The van der Waals surface area contributed by atoms with Crippen molar-refractivity contribution in [2.75, 3.05) is 16.8 Å². The molecule has 0 saturated carbocycles. The number of fused-ring (bicyclic) bond motifs is 5. The highest BCUT2D eigenvalue weighted by Crippen LogP contribution is 2.44. The van der Waals surface area contributed by atoms with Gasteiger partial charge in [0.1, 0.15) is 29.4 Å². The van der Waals surface area contributed by atoms with E-state index in [2.05, 4.69) is 5.32 Å². The molecule has 33 heavy (non-hydrogen) atoms. The molecule has 0 spiro atoms. The van der Waals surface area contributed by atoms with Crippen LogP contribution in [0.1, 0.15) is 17.5 Å². The Morgan fingerprint density at radius 3 is 2.61 bits per heavy atom. The van der Waals surface area contributed by atoms with E-state index in [1.165, 1.54) is 18.2 Å². The number of piperazine rings is 1. The van der Waals surface area contributed by atoms with Crippen molar-refractivity contribution in [3.05, 3.63) is 58.1 Å². The van der Waals surface area contributed by atoms with Gasteiger partial charge >= 0.3 is 6.03 Å². The van der Waals surface area contributed by atoms with E-state index in [4.69, 9.17) is 23.8 Å². The van der Waals surface area contributed by atoms with Crippen LogP contribution in [0.15, 0.2) is 30.3 Å². The molecule has 1 unspecified atom stereocenters. The van der Waals surface area contributed by atoms with Crippen molar-refractivity contribution in [1.82, 2.24) is 9.80 Å². The van der Waals surface area contributed by atoms with Crippen molar-refractivity contribution in [3.8, 4) is 6.07 Å². The Hall–Kier alpha value is -3.29. The number of para-hydroxylation sites is 1. The van der Waals surface area contributed by atoms with Crippen LogP contribution in [0.2, 0.25) is 5.02 Å². The van der Waals surface area contributed by atoms with Crippen molar-refractivity contribution in [2.45, 2.75) is 31.5 Å². The standard InChI is InChI=1S/C22H16ClF2N5O2S/c1-10-15(6-5-11(8-26)17(10)23)30-20(31)19-16-7-12(29(19)22(30)32)9-28(16)21(33)27-18-13(24)3-2-4-14(18)25/h2-6,12,16,19H,7,9H2,1H3,(H,27,33)/t12-,16?,19+/m1/s1. The number of carbonyl (C=O) groups excluding carboxylic acids is 2. The summed E-state index contributed by atoms with van der Waals surface area (Å²) >= 11 is 11.7. The third kappa shape index (κ3) is 3.07. The summed E-state index contributed by atoms with van der Waals surface area (Å²) in [5.74, 6) is -1.99. The first-order chi connectivity index (χ1) is 15.7. The first-order valence-electron chi connectivity index (χ1n) is 10.1. The minimum absolute atomic E-state index is 0.0856. The van der Waals surface area contributed by atoms with Crippen LogP contribution in [0, 0.1) is 29.9 Å². The number of halogens is 3. The smallest absolute Gasteiger partial charge is 0.332 e. The molecule has 3 heterocycles. The highest BCUT2D eigenvalue weighted by atomic mass is 35.5. The Kier molecular flexibility index (Phi) is 4.99. The molecule has 11 heteroatoms. The number of rotatable bonds is 2. The number of amides is 3. The molecule has 3 saturated heterocycles. The van der Waals surface area contributed by atoms with Crippen LogP contribution in [0.4, 0.5) is 25.0 Å². The summed E-state index contributed by atoms with van der Waals surface area (Å²) in [6, 6.07) is 6.52. The second kappa shape index (κ2) is 7.64.